The number of carbonyl (C=O) groups excluding carboxylic acids is 1. The van der Waals surface area contributed by atoms with Gasteiger partial charge >= 0.3 is 6.18 Å². The van der Waals surface area contributed by atoms with Crippen molar-refractivity contribution in [2.24, 2.45) is 5.73 Å². The van der Waals surface area contributed by atoms with Crippen molar-refractivity contribution < 1.29 is 18.0 Å². The molecular formula is C32H34F3N9O. The molecule has 0 spiro atoms. The number of hydrogen-bond donors (Lipinski definition) is 5. The highest BCUT2D eigenvalue weighted by Crippen LogP contribution is 2.31. The van der Waals surface area contributed by atoms with Crippen LogP contribution in [0.2, 0.25) is 0 Å². The molecule has 2 aromatic carbocycles. The van der Waals surface area contributed by atoms with Gasteiger partial charge in [0.2, 0.25) is 0 Å². The Kier molecular flexibility index (Phi) is 9.30. The zero-order valence-electron chi connectivity index (χ0n) is 24.7. The van der Waals surface area contributed by atoms with Crippen molar-refractivity contribution in [1.29, 1.82) is 5.41 Å². The molecule has 7 N–H and O–H groups in total. The molecular weight excluding hydrogens is 583 g/mol. The summed E-state index contributed by atoms with van der Waals surface area (Å²) in [5.74, 6) is -0.716. The maximum Gasteiger partial charge on any atom is 0.417 e. The minimum absolute atomic E-state index is 0.0204. The molecule has 1 aliphatic heterocycles. The van der Waals surface area contributed by atoms with Gasteiger partial charge in [-0.1, -0.05) is 36.4 Å². The van der Waals surface area contributed by atoms with Gasteiger partial charge in [-0.15, -0.1) is 0 Å². The Labute approximate surface area is 258 Å². The molecule has 10 nitrogen and oxygen atoms in total. The molecule has 1 fully saturated rings. The number of nitrogens with one attached hydrogen (secondary N) is 3. The fraction of sp³-hybridized carbons (Fsp3) is 0.250. The summed E-state index contributed by atoms with van der Waals surface area (Å²) < 4.78 is 40.7. The van der Waals surface area contributed by atoms with Crippen LogP contribution in [-0.4, -0.2) is 64.7 Å². The van der Waals surface area contributed by atoms with Crippen LogP contribution in [0.4, 0.5) is 30.5 Å². The first-order valence-corrected chi connectivity index (χ1v) is 14.3. The quantitative estimate of drug-likeness (QED) is 0.135. The average molecular weight is 618 g/mol. The maximum absolute atomic E-state index is 13.6. The number of carbonyl (C=O) groups is 1. The number of piperazine rings is 1. The molecule has 0 unspecified atom stereocenters. The number of aromatic nitrogens is 2. The Morgan fingerprint density at radius 1 is 0.933 bits per heavy atom. The summed E-state index contributed by atoms with van der Waals surface area (Å²) in [5, 5.41) is 13.4. The number of nitrogens with zero attached hydrogens (tertiary/aromatic N) is 4. The molecule has 0 aliphatic carbocycles. The van der Waals surface area contributed by atoms with Crippen LogP contribution in [0, 0.1) is 5.41 Å². The number of amides is 1. The van der Waals surface area contributed by atoms with Gasteiger partial charge in [0.25, 0.3) is 5.91 Å². The summed E-state index contributed by atoms with van der Waals surface area (Å²) in [6.45, 7) is 4.71. The van der Waals surface area contributed by atoms with Gasteiger partial charge in [-0.05, 0) is 48.0 Å². The Morgan fingerprint density at radius 3 is 2.36 bits per heavy atom. The lowest BCUT2D eigenvalue weighted by Gasteiger charge is -2.32. The van der Waals surface area contributed by atoms with Crippen molar-refractivity contribution in [2.75, 3.05) is 49.6 Å². The van der Waals surface area contributed by atoms with E-state index in [2.05, 4.69) is 37.4 Å². The first-order valence-electron chi connectivity index (χ1n) is 14.3. The summed E-state index contributed by atoms with van der Waals surface area (Å²) in [6.07, 6.45) is -2.38. The minimum Gasteiger partial charge on any atom is -0.384 e. The Bertz CT molecular complexity index is 1680. The zero-order valence-corrected chi connectivity index (χ0v) is 24.7. The topological polar surface area (TPSA) is 149 Å². The summed E-state index contributed by atoms with van der Waals surface area (Å²) in [6, 6.07) is 17.1. The van der Waals surface area contributed by atoms with Crippen LogP contribution in [-0.2, 0) is 19.3 Å². The second-order valence-corrected chi connectivity index (χ2v) is 11.0. The van der Waals surface area contributed by atoms with Crippen LogP contribution in [0.25, 0.3) is 11.1 Å². The molecule has 0 radical (unpaired) electrons. The van der Waals surface area contributed by atoms with Crippen molar-refractivity contribution in [1.82, 2.24) is 19.8 Å². The van der Waals surface area contributed by atoms with Crippen LogP contribution in [0.15, 0.2) is 73.1 Å². The van der Waals surface area contributed by atoms with Crippen LogP contribution >= 0.6 is 0 Å². The number of pyridine rings is 2. The number of hydrogen-bond acceptors (Lipinski definition) is 8. The molecule has 1 amide bonds. The molecule has 4 aromatic rings. The third-order valence-electron chi connectivity index (χ3n) is 7.60. The molecule has 1 aliphatic rings. The van der Waals surface area contributed by atoms with Gasteiger partial charge < -0.3 is 27.0 Å². The molecule has 5 rings (SSSR count). The lowest BCUT2D eigenvalue weighted by atomic mass is 10.0. The van der Waals surface area contributed by atoms with Gasteiger partial charge in [-0.3, -0.25) is 15.1 Å². The van der Waals surface area contributed by atoms with Gasteiger partial charge in [0.15, 0.2) is 0 Å². The van der Waals surface area contributed by atoms with Crippen LogP contribution in [0.3, 0.4) is 0 Å². The number of alkyl halides is 3. The number of rotatable bonds is 9. The molecule has 2 aromatic heterocycles. The Morgan fingerprint density at radius 2 is 1.67 bits per heavy atom. The van der Waals surface area contributed by atoms with Crippen molar-refractivity contribution in [2.45, 2.75) is 19.3 Å². The minimum atomic E-state index is -4.67. The standard InChI is InChI=1S/C32H34F3N9O/c1-43-9-11-44(12-10-43)19-21-3-2-4-25(13-21)42-31(45)27-15-24(32(33,34)35)18-41-30(27)40-16-20-5-7-22(8-6-20)23-14-26(28(36)37)29(38)39-17-23/h2-8,13-15,17-18H,9-12,16,19H2,1H3,(H3,36,37)(H2,38,39)(H,40,41)(H,42,45). The highest BCUT2D eigenvalue weighted by Gasteiger charge is 2.32. The van der Waals surface area contributed by atoms with Crippen LogP contribution < -0.4 is 22.1 Å². The number of nitrogen functional groups attached to an aromatic ring is 2. The van der Waals surface area contributed by atoms with E-state index in [-0.39, 0.29) is 29.6 Å². The predicted octanol–water partition coefficient (Wildman–Crippen LogP) is 4.64. The first kappa shape index (κ1) is 31.4. The molecule has 13 heteroatoms. The van der Waals surface area contributed by atoms with Crippen molar-refractivity contribution in [3.8, 4) is 11.1 Å². The van der Waals surface area contributed by atoms with Crippen molar-refractivity contribution >= 4 is 29.1 Å². The van der Waals surface area contributed by atoms with E-state index in [4.69, 9.17) is 16.9 Å². The second-order valence-electron chi connectivity index (χ2n) is 11.0. The van der Waals surface area contributed by atoms with E-state index >= 15 is 0 Å². The second kappa shape index (κ2) is 13.3. The molecule has 0 saturated carbocycles. The van der Waals surface area contributed by atoms with Gasteiger partial charge in [-0.2, -0.15) is 13.2 Å². The first-order chi connectivity index (χ1) is 21.5. The summed E-state index contributed by atoms with van der Waals surface area (Å²) in [4.78, 5) is 26.0. The predicted molar refractivity (Wildman–Crippen MR) is 169 cm³/mol. The number of halogens is 3. The molecule has 3 heterocycles. The number of anilines is 3. The number of benzene rings is 2. The van der Waals surface area contributed by atoms with Crippen LogP contribution in [0.5, 0.6) is 0 Å². The normalized spacial score (nSPS) is 14.2. The highest BCUT2D eigenvalue weighted by molar-refractivity contribution is 6.07. The molecule has 0 atom stereocenters. The van der Waals surface area contributed by atoms with Crippen LogP contribution in [0.1, 0.15) is 32.6 Å². The van der Waals surface area contributed by atoms with E-state index < -0.39 is 17.6 Å². The molecule has 0 bridgehead atoms. The SMILES string of the molecule is CN1CCN(Cc2cccc(NC(=O)c3cc(C(F)(F)F)cnc3NCc3ccc(-c4cnc(N)c(C(=N)N)c4)cc3)c2)CC1. The van der Waals surface area contributed by atoms with E-state index in [1.54, 1.807) is 18.3 Å². The van der Waals surface area contributed by atoms with Crippen molar-refractivity contribution in [3.63, 3.8) is 0 Å². The van der Waals surface area contributed by atoms with Crippen molar-refractivity contribution in [3.05, 3.63) is 101 Å². The van der Waals surface area contributed by atoms with E-state index in [0.29, 0.717) is 29.6 Å². The maximum atomic E-state index is 13.6. The van der Waals surface area contributed by atoms with Gasteiger partial charge in [0.05, 0.1) is 16.7 Å². The average Bonchev–Trinajstić information content (AvgIpc) is 3.01. The number of amidine groups is 1. The largest absolute Gasteiger partial charge is 0.417 e. The summed E-state index contributed by atoms with van der Waals surface area (Å²) in [5.41, 5.74) is 14.3. The van der Waals surface area contributed by atoms with E-state index in [1.165, 1.54) is 0 Å². The third kappa shape index (κ3) is 7.94. The monoisotopic (exact) mass is 617 g/mol. The van der Waals surface area contributed by atoms with E-state index in [9.17, 15) is 18.0 Å². The van der Waals surface area contributed by atoms with E-state index in [0.717, 1.165) is 48.9 Å². The Balaban J connectivity index is 1.31. The summed E-state index contributed by atoms with van der Waals surface area (Å²) >= 11 is 0. The number of nitrogens with two attached hydrogens (primary N) is 2. The van der Waals surface area contributed by atoms with Gasteiger partial charge in [0, 0.05) is 62.9 Å². The fourth-order valence-electron chi connectivity index (χ4n) is 4.99. The molecule has 234 valence electrons. The summed E-state index contributed by atoms with van der Waals surface area (Å²) in [7, 11) is 2.09. The molecule has 45 heavy (non-hydrogen) atoms. The van der Waals surface area contributed by atoms with Gasteiger partial charge in [0.1, 0.15) is 17.5 Å². The highest BCUT2D eigenvalue weighted by atomic mass is 19.4. The third-order valence-corrected chi connectivity index (χ3v) is 7.60. The van der Waals surface area contributed by atoms with E-state index in [1.807, 2.05) is 42.5 Å². The lowest BCUT2D eigenvalue weighted by molar-refractivity contribution is -0.137. The number of likely N-dealkylation sites (N-methyl/N-ethyl adjacent to an activating group) is 1. The Hall–Kier alpha value is -5.01. The zero-order chi connectivity index (χ0) is 32.1. The molecule has 1 saturated heterocycles. The smallest absolute Gasteiger partial charge is 0.384 e. The van der Waals surface area contributed by atoms with Gasteiger partial charge in [-0.25, -0.2) is 9.97 Å². The lowest BCUT2D eigenvalue weighted by Crippen LogP contribution is -2.43. The fourth-order valence-corrected chi connectivity index (χ4v) is 4.99.